The molecule has 4 heterocycles. The summed E-state index contributed by atoms with van der Waals surface area (Å²) in [5.74, 6) is -1.98. The highest BCUT2D eigenvalue weighted by atomic mass is 19.1. The molecular formula is C29H29FN4O7. The first-order chi connectivity index (χ1) is 19.6. The lowest BCUT2D eigenvalue weighted by Gasteiger charge is -2.32. The fourth-order valence-corrected chi connectivity index (χ4v) is 5.86. The number of pyridine rings is 1. The van der Waals surface area contributed by atoms with Crippen LogP contribution in [0.25, 0.3) is 10.9 Å². The summed E-state index contributed by atoms with van der Waals surface area (Å²) in [5.41, 5.74) is 2.14. The Morgan fingerprint density at radius 3 is 2.76 bits per heavy atom. The van der Waals surface area contributed by atoms with Crippen molar-refractivity contribution in [3.05, 3.63) is 63.2 Å². The molecule has 2 N–H and O–H groups in total. The van der Waals surface area contributed by atoms with E-state index in [4.69, 9.17) is 9.47 Å². The zero-order chi connectivity index (χ0) is 29.0. The second kappa shape index (κ2) is 10.1. The van der Waals surface area contributed by atoms with Gasteiger partial charge in [0.05, 0.1) is 30.0 Å². The summed E-state index contributed by atoms with van der Waals surface area (Å²) in [7, 11) is 0. The molecular weight excluding hydrogens is 535 g/mol. The summed E-state index contributed by atoms with van der Waals surface area (Å²) in [6, 6.07) is 6.56. The number of carboxylic acid groups (broad SMARTS) is 1. The number of ether oxygens (including phenoxy) is 2. The number of hydrogen-bond donors (Lipinski definition) is 2. The maximum atomic E-state index is 15.8. The van der Waals surface area contributed by atoms with Gasteiger partial charge < -0.3 is 29.4 Å². The molecule has 214 valence electrons. The van der Waals surface area contributed by atoms with E-state index in [-0.39, 0.29) is 41.9 Å². The van der Waals surface area contributed by atoms with E-state index in [0.29, 0.717) is 43.7 Å². The number of benzene rings is 2. The fraction of sp³-hybridized carbons (Fsp3) is 0.379. The lowest BCUT2D eigenvalue weighted by atomic mass is 10.0. The number of fused-ring (bicyclic) bond motifs is 1. The van der Waals surface area contributed by atoms with E-state index in [1.807, 2.05) is 30.0 Å². The number of carboxylic acids is 1. The highest BCUT2D eigenvalue weighted by molar-refractivity contribution is 5.97. The standard InChI is InChI=1S/C29H29FN4O7/c1-15-14-40-27-24-21(26(36)22(28(37)38)13-33(15)24)9-23(30)25(27)32-7-3-4-17-8-19(6-5-18(17)11-32)34-12-20(41-29(34)39)10-31-16(2)35/h5-6,8-9,13,15,20H,3-4,7,10-12,14H2,1-2H3,(H,31,35)(H,37,38). The number of aromatic carboxylic acids is 1. The number of cyclic esters (lactones) is 1. The number of nitrogens with one attached hydrogen (secondary N) is 1. The van der Waals surface area contributed by atoms with Gasteiger partial charge in [0.2, 0.25) is 11.3 Å². The molecule has 2 unspecified atom stereocenters. The molecule has 0 spiro atoms. The second-order valence-electron chi connectivity index (χ2n) is 10.7. The summed E-state index contributed by atoms with van der Waals surface area (Å²) >= 11 is 0. The number of rotatable bonds is 5. The second-order valence-corrected chi connectivity index (χ2v) is 10.7. The molecule has 12 heteroatoms. The van der Waals surface area contributed by atoms with Crippen molar-refractivity contribution in [3.63, 3.8) is 0 Å². The Bertz CT molecular complexity index is 1670. The van der Waals surface area contributed by atoms with E-state index in [9.17, 15) is 24.3 Å². The molecule has 3 aliphatic rings. The van der Waals surface area contributed by atoms with Crippen molar-refractivity contribution in [2.45, 2.75) is 45.4 Å². The van der Waals surface area contributed by atoms with E-state index < -0.39 is 35.0 Å². The summed E-state index contributed by atoms with van der Waals surface area (Å²) in [6.45, 7) is 4.89. The van der Waals surface area contributed by atoms with Crippen molar-refractivity contribution in [1.82, 2.24) is 9.88 Å². The average molecular weight is 565 g/mol. The van der Waals surface area contributed by atoms with Gasteiger partial charge in [0, 0.05) is 31.9 Å². The van der Waals surface area contributed by atoms with Crippen LogP contribution in [0.15, 0.2) is 35.3 Å². The zero-order valence-electron chi connectivity index (χ0n) is 22.6. The van der Waals surface area contributed by atoms with E-state index >= 15 is 4.39 Å². The van der Waals surface area contributed by atoms with Gasteiger partial charge in [-0.15, -0.1) is 0 Å². The normalized spacial score (nSPS) is 19.8. The molecule has 0 aliphatic carbocycles. The third kappa shape index (κ3) is 4.62. The molecule has 3 aromatic rings. The van der Waals surface area contributed by atoms with Gasteiger partial charge in [-0.05, 0) is 49.1 Å². The molecule has 11 nitrogen and oxygen atoms in total. The molecule has 0 saturated carbocycles. The number of aromatic nitrogens is 1. The van der Waals surface area contributed by atoms with Gasteiger partial charge in [0.1, 0.15) is 24.0 Å². The van der Waals surface area contributed by atoms with Crippen molar-refractivity contribution >= 4 is 40.2 Å². The quantitative estimate of drug-likeness (QED) is 0.483. The largest absolute Gasteiger partial charge is 0.487 e. The van der Waals surface area contributed by atoms with Gasteiger partial charge in [0.25, 0.3) is 0 Å². The van der Waals surface area contributed by atoms with Gasteiger partial charge in [0.15, 0.2) is 11.6 Å². The smallest absolute Gasteiger partial charge is 0.414 e. The van der Waals surface area contributed by atoms with Gasteiger partial charge in [-0.1, -0.05) is 6.07 Å². The number of hydrogen-bond acceptors (Lipinski definition) is 7. The third-order valence-electron chi connectivity index (χ3n) is 7.88. The lowest BCUT2D eigenvalue weighted by molar-refractivity contribution is -0.119. The number of aryl methyl sites for hydroxylation is 1. The minimum Gasteiger partial charge on any atom is -0.487 e. The molecule has 1 aromatic heterocycles. The monoisotopic (exact) mass is 564 g/mol. The first-order valence-electron chi connectivity index (χ1n) is 13.5. The Balaban J connectivity index is 1.34. The third-order valence-corrected chi connectivity index (χ3v) is 7.88. The molecule has 6 rings (SSSR count). The van der Waals surface area contributed by atoms with E-state index in [1.165, 1.54) is 13.1 Å². The first-order valence-corrected chi connectivity index (χ1v) is 13.5. The van der Waals surface area contributed by atoms with Crippen LogP contribution in [0.5, 0.6) is 5.75 Å². The van der Waals surface area contributed by atoms with Crippen molar-refractivity contribution in [2.24, 2.45) is 0 Å². The van der Waals surface area contributed by atoms with Crippen LogP contribution in [0.4, 0.5) is 20.6 Å². The zero-order valence-corrected chi connectivity index (χ0v) is 22.6. The number of amides is 2. The molecule has 3 aliphatic heterocycles. The van der Waals surface area contributed by atoms with Gasteiger partial charge in [-0.3, -0.25) is 14.5 Å². The Morgan fingerprint density at radius 1 is 1.20 bits per heavy atom. The predicted octanol–water partition coefficient (Wildman–Crippen LogP) is 3.21. The highest BCUT2D eigenvalue weighted by Gasteiger charge is 2.34. The summed E-state index contributed by atoms with van der Waals surface area (Å²) in [6.07, 6.45) is 1.79. The van der Waals surface area contributed by atoms with Crippen LogP contribution in [0, 0.1) is 5.82 Å². The minimum absolute atomic E-state index is 0.0260. The summed E-state index contributed by atoms with van der Waals surface area (Å²) in [4.78, 5) is 51.8. The van der Waals surface area contributed by atoms with Crippen molar-refractivity contribution < 1.29 is 33.4 Å². The number of anilines is 2. The fourth-order valence-electron chi connectivity index (χ4n) is 5.86. The molecule has 0 radical (unpaired) electrons. The van der Waals surface area contributed by atoms with E-state index in [0.717, 1.165) is 17.2 Å². The Morgan fingerprint density at radius 2 is 2.00 bits per heavy atom. The minimum atomic E-state index is -1.36. The topological polar surface area (TPSA) is 130 Å². The molecule has 0 bridgehead atoms. The van der Waals surface area contributed by atoms with E-state index in [2.05, 4.69) is 5.32 Å². The molecule has 1 saturated heterocycles. The number of carbonyl (C=O) groups excluding carboxylic acids is 2. The van der Waals surface area contributed by atoms with Crippen LogP contribution >= 0.6 is 0 Å². The highest BCUT2D eigenvalue weighted by Crippen LogP contribution is 2.43. The van der Waals surface area contributed by atoms with Gasteiger partial charge in [-0.25, -0.2) is 14.0 Å². The maximum Gasteiger partial charge on any atom is 0.414 e. The van der Waals surface area contributed by atoms with Crippen LogP contribution in [0.1, 0.15) is 47.8 Å². The van der Waals surface area contributed by atoms with Crippen LogP contribution in [-0.2, 0) is 22.5 Å². The Kier molecular flexibility index (Phi) is 6.55. The molecule has 2 atom stereocenters. The predicted molar refractivity (Wildman–Crippen MR) is 147 cm³/mol. The Hall–Kier alpha value is -4.61. The first kappa shape index (κ1) is 26.6. The number of carbonyl (C=O) groups is 3. The van der Waals surface area contributed by atoms with Gasteiger partial charge >= 0.3 is 12.1 Å². The van der Waals surface area contributed by atoms with Crippen molar-refractivity contribution in [1.29, 1.82) is 0 Å². The van der Waals surface area contributed by atoms with Crippen LogP contribution < -0.4 is 25.3 Å². The number of nitrogens with zero attached hydrogens (tertiary/aromatic N) is 3. The average Bonchev–Trinajstić information content (AvgIpc) is 3.17. The van der Waals surface area contributed by atoms with E-state index in [1.54, 1.807) is 9.47 Å². The molecule has 1 fully saturated rings. The summed E-state index contributed by atoms with van der Waals surface area (Å²) in [5, 5.41) is 12.2. The Labute approximate surface area is 234 Å². The summed E-state index contributed by atoms with van der Waals surface area (Å²) < 4.78 is 28.9. The maximum absolute atomic E-state index is 15.8. The van der Waals surface area contributed by atoms with Crippen molar-refractivity contribution in [3.8, 4) is 5.75 Å². The number of halogens is 1. The molecule has 2 amide bonds. The van der Waals surface area contributed by atoms with Crippen LogP contribution in [0.2, 0.25) is 0 Å². The SMILES string of the molecule is CC(=O)NCC1CN(c2ccc3c(c2)CCCN(c2c(F)cc4c(=O)c(C(=O)O)cn5c4c2OCC5C)C3)C(=O)O1. The van der Waals surface area contributed by atoms with Crippen molar-refractivity contribution in [2.75, 3.05) is 36.0 Å². The molecule has 2 aromatic carbocycles. The van der Waals surface area contributed by atoms with Gasteiger partial charge in [-0.2, -0.15) is 0 Å². The lowest BCUT2D eigenvalue weighted by Crippen LogP contribution is -2.33. The van der Waals surface area contributed by atoms with Crippen LogP contribution in [0.3, 0.4) is 0 Å². The molecule has 41 heavy (non-hydrogen) atoms. The van der Waals surface area contributed by atoms with Crippen LogP contribution in [-0.4, -0.2) is 60.0 Å².